The molecule has 2 rings (SSSR count). The summed E-state index contributed by atoms with van der Waals surface area (Å²) >= 11 is 0. The molecular weight excluding hydrogens is 270 g/mol. The minimum atomic E-state index is -3.84. The molecule has 1 aromatic carbocycles. The summed E-state index contributed by atoms with van der Waals surface area (Å²) in [7, 11) is -3.84. The van der Waals surface area contributed by atoms with E-state index in [2.05, 4.69) is 0 Å². The molecule has 19 heavy (non-hydrogen) atoms. The molecule has 1 amide bonds. The van der Waals surface area contributed by atoms with Gasteiger partial charge in [0.15, 0.2) is 0 Å². The first-order chi connectivity index (χ1) is 8.85. The van der Waals surface area contributed by atoms with Gasteiger partial charge in [-0.25, -0.2) is 0 Å². The second-order valence-corrected chi connectivity index (χ2v) is 5.97. The van der Waals surface area contributed by atoms with E-state index in [1.54, 1.807) is 31.2 Å². The number of carbonyl (C=O) groups is 1. The second kappa shape index (κ2) is 4.92. The van der Waals surface area contributed by atoms with Crippen LogP contribution >= 0.6 is 0 Å². The van der Waals surface area contributed by atoms with E-state index in [0.29, 0.717) is 17.5 Å². The van der Waals surface area contributed by atoms with Crippen molar-refractivity contribution < 1.29 is 22.6 Å². The van der Waals surface area contributed by atoms with Crippen LogP contribution in [0.5, 0.6) is 0 Å². The number of fused-ring (bicyclic) bond motifs is 1. The molecule has 104 valence electrons. The fraction of sp³-hybridized carbons (Fsp3) is 0.417. The highest BCUT2D eigenvalue weighted by molar-refractivity contribution is 7.85. The van der Waals surface area contributed by atoms with E-state index in [1.807, 2.05) is 0 Å². The van der Waals surface area contributed by atoms with E-state index in [0.717, 1.165) is 11.3 Å². The van der Waals surface area contributed by atoms with Crippen LogP contribution in [0.15, 0.2) is 24.3 Å². The molecule has 0 spiro atoms. The standard InChI is InChI=1S/C12H15NO5S/c1-3-10(14)11-8-6-4-5-7-9(8)12(15)13(11)18-19(2,16)17/h4-7,10-11,14H,3H2,1-2H3. The number of aliphatic hydroxyl groups excluding tert-OH is 1. The van der Waals surface area contributed by atoms with Crippen LogP contribution in [0.25, 0.3) is 0 Å². The van der Waals surface area contributed by atoms with E-state index in [4.69, 9.17) is 4.28 Å². The summed E-state index contributed by atoms with van der Waals surface area (Å²) in [6.45, 7) is 1.74. The topological polar surface area (TPSA) is 83.9 Å². The third-order valence-corrected chi connectivity index (χ3v) is 3.39. The van der Waals surface area contributed by atoms with Crippen molar-refractivity contribution in [1.82, 2.24) is 5.06 Å². The van der Waals surface area contributed by atoms with E-state index in [9.17, 15) is 18.3 Å². The summed E-state index contributed by atoms with van der Waals surface area (Å²) in [5.74, 6) is -0.557. The Bertz CT molecular complexity index is 598. The molecule has 1 aliphatic rings. The molecule has 0 radical (unpaired) electrons. The zero-order valence-electron chi connectivity index (χ0n) is 10.6. The second-order valence-electron chi connectivity index (χ2n) is 4.42. The lowest BCUT2D eigenvalue weighted by Crippen LogP contribution is -2.36. The first kappa shape index (κ1) is 14.0. The molecule has 2 atom stereocenters. The van der Waals surface area contributed by atoms with E-state index >= 15 is 0 Å². The molecule has 1 N–H and O–H groups in total. The van der Waals surface area contributed by atoms with E-state index in [1.165, 1.54) is 0 Å². The molecule has 0 saturated heterocycles. The average molecular weight is 285 g/mol. The lowest BCUT2D eigenvalue weighted by Gasteiger charge is -2.26. The number of carbonyl (C=O) groups excluding carboxylic acids is 1. The number of amides is 1. The molecule has 1 heterocycles. The summed E-state index contributed by atoms with van der Waals surface area (Å²) in [4.78, 5) is 12.1. The quantitative estimate of drug-likeness (QED) is 0.886. The van der Waals surface area contributed by atoms with E-state index < -0.39 is 28.2 Å². The van der Waals surface area contributed by atoms with Crippen LogP contribution in [0.4, 0.5) is 0 Å². The average Bonchev–Trinajstić information content (AvgIpc) is 2.61. The lowest BCUT2D eigenvalue weighted by molar-refractivity contribution is -0.0851. The summed E-state index contributed by atoms with van der Waals surface area (Å²) in [6, 6.07) is 5.87. The fourth-order valence-electron chi connectivity index (χ4n) is 2.13. The zero-order chi connectivity index (χ0) is 14.2. The molecule has 0 aliphatic carbocycles. The van der Waals surface area contributed by atoms with Gasteiger partial charge in [-0.3, -0.25) is 4.79 Å². The van der Waals surface area contributed by atoms with Crippen molar-refractivity contribution in [3.8, 4) is 0 Å². The van der Waals surface area contributed by atoms with Crippen molar-refractivity contribution in [2.45, 2.75) is 25.5 Å². The van der Waals surface area contributed by atoms with Gasteiger partial charge in [0.1, 0.15) is 6.04 Å². The van der Waals surface area contributed by atoms with Crippen LogP contribution in [0, 0.1) is 0 Å². The van der Waals surface area contributed by atoms with Crippen molar-refractivity contribution in [2.75, 3.05) is 6.26 Å². The molecule has 0 saturated carbocycles. The maximum Gasteiger partial charge on any atom is 0.285 e. The lowest BCUT2D eigenvalue weighted by atomic mass is 9.99. The Morgan fingerprint density at radius 2 is 2.05 bits per heavy atom. The Morgan fingerprint density at radius 3 is 2.63 bits per heavy atom. The predicted molar refractivity (Wildman–Crippen MR) is 67.6 cm³/mol. The first-order valence-corrected chi connectivity index (χ1v) is 7.67. The van der Waals surface area contributed by atoms with Gasteiger partial charge in [0.05, 0.1) is 12.4 Å². The van der Waals surface area contributed by atoms with Crippen LogP contribution in [-0.4, -0.2) is 36.9 Å². The third kappa shape index (κ3) is 2.63. The maximum absolute atomic E-state index is 12.1. The van der Waals surface area contributed by atoms with Crippen molar-refractivity contribution in [3.63, 3.8) is 0 Å². The number of aliphatic hydroxyl groups is 1. The molecule has 7 heteroatoms. The molecule has 0 aromatic heterocycles. The maximum atomic E-state index is 12.1. The number of rotatable bonds is 4. The Kier molecular flexibility index (Phi) is 3.62. The fourth-order valence-corrected chi connectivity index (χ4v) is 2.59. The highest BCUT2D eigenvalue weighted by atomic mass is 32.2. The number of hydroxylamine groups is 2. The van der Waals surface area contributed by atoms with Gasteiger partial charge in [-0.2, -0.15) is 13.5 Å². The van der Waals surface area contributed by atoms with Crippen LogP contribution in [-0.2, 0) is 14.4 Å². The van der Waals surface area contributed by atoms with Crippen molar-refractivity contribution in [1.29, 1.82) is 0 Å². The molecule has 6 nitrogen and oxygen atoms in total. The molecule has 0 bridgehead atoms. The SMILES string of the molecule is CCC(O)C1c2ccccc2C(=O)N1OS(C)(=O)=O. The number of hydrogen-bond acceptors (Lipinski definition) is 5. The monoisotopic (exact) mass is 285 g/mol. The van der Waals surface area contributed by atoms with Crippen LogP contribution in [0.3, 0.4) is 0 Å². The normalized spacial score (nSPS) is 20.5. The highest BCUT2D eigenvalue weighted by Crippen LogP contribution is 2.37. The van der Waals surface area contributed by atoms with Crippen LogP contribution in [0.2, 0.25) is 0 Å². The van der Waals surface area contributed by atoms with Gasteiger partial charge in [0.2, 0.25) is 0 Å². The summed E-state index contributed by atoms with van der Waals surface area (Å²) in [6.07, 6.45) is 0.337. The largest absolute Gasteiger partial charge is 0.391 e. The minimum Gasteiger partial charge on any atom is -0.391 e. The number of hydrogen-bond donors (Lipinski definition) is 1. The summed E-state index contributed by atoms with van der Waals surface area (Å²) in [5, 5.41) is 10.8. The van der Waals surface area contributed by atoms with Gasteiger partial charge in [-0.05, 0) is 18.1 Å². The van der Waals surface area contributed by atoms with Gasteiger partial charge in [-0.15, -0.1) is 4.28 Å². The van der Waals surface area contributed by atoms with Crippen molar-refractivity contribution in [3.05, 3.63) is 35.4 Å². The van der Waals surface area contributed by atoms with Crippen LogP contribution < -0.4 is 0 Å². The number of nitrogens with zero attached hydrogens (tertiary/aromatic N) is 1. The highest BCUT2D eigenvalue weighted by Gasteiger charge is 2.42. The van der Waals surface area contributed by atoms with Gasteiger partial charge in [0.25, 0.3) is 16.0 Å². The first-order valence-electron chi connectivity index (χ1n) is 5.85. The van der Waals surface area contributed by atoms with Crippen molar-refractivity contribution in [2.24, 2.45) is 0 Å². The zero-order valence-corrected chi connectivity index (χ0v) is 11.4. The minimum absolute atomic E-state index is 0.351. The molecule has 2 unspecified atom stereocenters. The Hall–Kier alpha value is -1.44. The predicted octanol–water partition coefficient (Wildman–Crippen LogP) is 0.846. The van der Waals surface area contributed by atoms with E-state index in [-0.39, 0.29) is 0 Å². The molecule has 1 aliphatic heterocycles. The van der Waals surface area contributed by atoms with Crippen LogP contribution in [0.1, 0.15) is 35.3 Å². The summed E-state index contributed by atoms with van der Waals surface area (Å²) in [5.41, 5.74) is 0.925. The molecular formula is C12H15NO5S. The molecule has 0 fully saturated rings. The molecule has 1 aromatic rings. The Labute approximate surface area is 111 Å². The smallest absolute Gasteiger partial charge is 0.285 e. The third-order valence-electron chi connectivity index (χ3n) is 2.96. The number of benzene rings is 1. The Balaban J connectivity index is 2.47. The van der Waals surface area contributed by atoms with Crippen molar-refractivity contribution >= 4 is 16.0 Å². The van der Waals surface area contributed by atoms with Gasteiger partial charge in [0, 0.05) is 5.56 Å². The van der Waals surface area contributed by atoms with Gasteiger partial charge >= 0.3 is 0 Å². The van der Waals surface area contributed by atoms with Gasteiger partial charge in [-0.1, -0.05) is 25.1 Å². The van der Waals surface area contributed by atoms with Gasteiger partial charge < -0.3 is 5.11 Å². The Morgan fingerprint density at radius 1 is 1.42 bits per heavy atom. The summed E-state index contributed by atoms with van der Waals surface area (Å²) < 4.78 is 27.2.